The number of hydrogen-bond acceptors (Lipinski definition) is 4. The minimum Gasteiger partial charge on any atom is -0.311 e. The van der Waals surface area contributed by atoms with Crippen molar-refractivity contribution in [1.29, 1.82) is 0 Å². The standard InChI is InChI=1S/C16H17N3S/c1-11-10-20-16(18-11)9-15(17-2)14-8-7-12-5-3-4-6-13(12)19-14/h3-8,10,15,17H,9H2,1-2H3. The van der Waals surface area contributed by atoms with E-state index in [0.29, 0.717) is 0 Å². The number of rotatable bonds is 4. The van der Waals surface area contributed by atoms with Crippen LogP contribution >= 0.6 is 11.3 Å². The van der Waals surface area contributed by atoms with Crippen LogP contribution in [-0.4, -0.2) is 17.0 Å². The fraction of sp³-hybridized carbons (Fsp3) is 0.250. The van der Waals surface area contributed by atoms with Gasteiger partial charge in [0.15, 0.2) is 0 Å². The molecule has 0 saturated carbocycles. The zero-order valence-corrected chi connectivity index (χ0v) is 12.4. The van der Waals surface area contributed by atoms with Crippen LogP contribution in [0.5, 0.6) is 0 Å². The van der Waals surface area contributed by atoms with E-state index in [1.165, 1.54) is 5.39 Å². The van der Waals surface area contributed by atoms with Gasteiger partial charge in [0.2, 0.25) is 0 Å². The maximum absolute atomic E-state index is 4.76. The van der Waals surface area contributed by atoms with Crippen LogP contribution in [0.3, 0.4) is 0 Å². The number of aromatic nitrogens is 2. The molecule has 3 rings (SSSR count). The van der Waals surface area contributed by atoms with Crippen molar-refractivity contribution in [3.05, 3.63) is 58.2 Å². The zero-order chi connectivity index (χ0) is 13.9. The predicted octanol–water partition coefficient (Wildman–Crippen LogP) is 3.50. The van der Waals surface area contributed by atoms with Crippen LogP contribution in [0.2, 0.25) is 0 Å². The van der Waals surface area contributed by atoms with E-state index in [1.807, 2.05) is 26.1 Å². The van der Waals surface area contributed by atoms with Gasteiger partial charge < -0.3 is 5.32 Å². The molecule has 3 aromatic rings. The second kappa shape index (κ2) is 5.69. The SMILES string of the molecule is CNC(Cc1nc(C)cs1)c1ccc2ccccc2n1. The molecule has 0 aliphatic carbocycles. The summed E-state index contributed by atoms with van der Waals surface area (Å²) in [4.78, 5) is 9.30. The van der Waals surface area contributed by atoms with Crippen molar-refractivity contribution in [1.82, 2.24) is 15.3 Å². The summed E-state index contributed by atoms with van der Waals surface area (Å²) in [7, 11) is 1.97. The van der Waals surface area contributed by atoms with Crippen LogP contribution < -0.4 is 5.32 Å². The Morgan fingerprint density at radius 3 is 2.75 bits per heavy atom. The van der Waals surface area contributed by atoms with Crippen molar-refractivity contribution >= 4 is 22.2 Å². The van der Waals surface area contributed by atoms with Crippen LogP contribution in [0.25, 0.3) is 10.9 Å². The number of pyridine rings is 1. The van der Waals surface area contributed by atoms with E-state index in [4.69, 9.17) is 4.98 Å². The van der Waals surface area contributed by atoms with Crippen molar-refractivity contribution in [2.45, 2.75) is 19.4 Å². The first-order valence-corrected chi connectivity index (χ1v) is 7.58. The van der Waals surface area contributed by atoms with E-state index in [-0.39, 0.29) is 6.04 Å². The van der Waals surface area contributed by atoms with E-state index >= 15 is 0 Å². The monoisotopic (exact) mass is 283 g/mol. The molecule has 20 heavy (non-hydrogen) atoms. The summed E-state index contributed by atoms with van der Waals surface area (Å²) in [6.07, 6.45) is 0.875. The number of likely N-dealkylation sites (N-methyl/N-ethyl adjacent to an activating group) is 1. The molecule has 0 saturated heterocycles. The maximum Gasteiger partial charge on any atom is 0.0947 e. The van der Waals surface area contributed by atoms with Gasteiger partial charge in [0.25, 0.3) is 0 Å². The van der Waals surface area contributed by atoms with Gasteiger partial charge in [-0.05, 0) is 26.1 Å². The van der Waals surface area contributed by atoms with E-state index < -0.39 is 0 Å². The Labute approximate surface area is 122 Å². The fourth-order valence-electron chi connectivity index (χ4n) is 2.30. The summed E-state index contributed by atoms with van der Waals surface area (Å²) < 4.78 is 0. The summed E-state index contributed by atoms with van der Waals surface area (Å²) in [5, 5.41) is 7.76. The number of benzene rings is 1. The second-order valence-corrected chi connectivity index (χ2v) is 5.80. The highest BCUT2D eigenvalue weighted by atomic mass is 32.1. The van der Waals surface area contributed by atoms with E-state index in [1.54, 1.807) is 11.3 Å². The molecule has 1 aromatic carbocycles. The Hall–Kier alpha value is -1.78. The molecule has 1 N–H and O–H groups in total. The van der Waals surface area contributed by atoms with Crippen molar-refractivity contribution in [2.75, 3.05) is 7.05 Å². The lowest BCUT2D eigenvalue weighted by Gasteiger charge is -2.14. The van der Waals surface area contributed by atoms with Gasteiger partial charge in [-0.1, -0.05) is 24.3 Å². The maximum atomic E-state index is 4.76. The van der Waals surface area contributed by atoms with Gasteiger partial charge in [-0.15, -0.1) is 11.3 Å². The molecule has 0 radical (unpaired) electrons. The normalized spacial score (nSPS) is 12.7. The molecule has 4 heteroatoms. The van der Waals surface area contributed by atoms with Crippen LogP contribution in [0.4, 0.5) is 0 Å². The number of fused-ring (bicyclic) bond motifs is 1. The highest BCUT2D eigenvalue weighted by molar-refractivity contribution is 7.09. The summed E-state index contributed by atoms with van der Waals surface area (Å²) in [6, 6.07) is 12.6. The van der Waals surface area contributed by atoms with Crippen LogP contribution in [0.1, 0.15) is 22.4 Å². The van der Waals surface area contributed by atoms with Crippen molar-refractivity contribution in [2.24, 2.45) is 0 Å². The third kappa shape index (κ3) is 2.71. The van der Waals surface area contributed by atoms with Gasteiger partial charge in [0, 0.05) is 22.9 Å². The molecule has 3 nitrogen and oxygen atoms in total. The molecule has 1 atom stereocenters. The lowest BCUT2D eigenvalue weighted by molar-refractivity contribution is 0.576. The predicted molar refractivity (Wildman–Crippen MR) is 84.1 cm³/mol. The summed E-state index contributed by atoms with van der Waals surface area (Å²) in [6.45, 7) is 2.03. The molecule has 0 aliphatic heterocycles. The third-order valence-electron chi connectivity index (χ3n) is 3.37. The van der Waals surface area contributed by atoms with Gasteiger partial charge in [0.1, 0.15) is 0 Å². The van der Waals surface area contributed by atoms with E-state index in [0.717, 1.165) is 28.3 Å². The Morgan fingerprint density at radius 1 is 1.15 bits per heavy atom. The molecule has 0 amide bonds. The van der Waals surface area contributed by atoms with Crippen molar-refractivity contribution in [3.63, 3.8) is 0 Å². The number of thiazole rings is 1. The zero-order valence-electron chi connectivity index (χ0n) is 11.6. The lowest BCUT2D eigenvalue weighted by Crippen LogP contribution is -2.20. The Morgan fingerprint density at radius 2 is 2.00 bits per heavy atom. The molecule has 102 valence electrons. The molecular weight excluding hydrogens is 266 g/mol. The first-order valence-electron chi connectivity index (χ1n) is 6.70. The Kier molecular flexibility index (Phi) is 3.76. The highest BCUT2D eigenvalue weighted by Crippen LogP contribution is 2.21. The molecule has 1 unspecified atom stereocenters. The van der Waals surface area contributed by atoms with Gasteiger partial charge in [0.05, 0.1) is 22.3 Å². The minimum atomic E-state index is 0.199. The molecule has 2 aromatic heterocycles. The molecule has 0 aliphatic rings. The van der Waals surface area contributed by atoms with E-state index in [9.17, 15) is 0 Å². The van der Waals surface area contributed by atoms with Gasteiger partial charge in [-0.25, -0.2) is 4.98 Å². The minimum absolute atomic E-state index is 0.199. The van der Waals surface area contributed by atoms with Crippen molar-refractivity contribution in [3.8, 4) is 0 Å². The Bertz CT molecular complexity index is 720. The molecule has 0 spiro atoms. The van der Waals surface area contributed by atoms with Gasteiger partial charge in [-0.3, -0.25) is 4.98 Å². The highest BCUT2D eigenvalue weighted by Gasteiger charge is 2.14. The van der Waals surface area contributed by atoms with Gasteiger partial charge in [-0.2, -0.15) is 0 Å². The molecule has 2 heterocycles. The average molecular weight is 283 g/mol. The van der Waals surface area contributed by atoms with Gasteiger partial charge >= 0.3 is 0 Å². The molecule has 0 bridgehead atoms. The topological polar surface area (TPSA) is 37.8 Å². The van der Waals surface area contributed by atoms with Crippen LogP contribution in [0, 0.1) is 6.92 Å². The Balaban J connectivity index is 1.90. The largest absolute Gasteiger partial charge is 0.311 e. The lowest BCUT2D eigenvalue weighted by atomic mass is 10.1. The average Bonchev–Trinajstić information content (AvgIpc) is 2.89. The number of hydrogen-bond donors (Lipinski definition) is 1. The van der Waals surface area contributed by atoms with E-state index in [2.05, 4.69) is 39.9 Å². The molecule has 0 fully saturated rings. The quantitative estimate of drug-likeness (QED) is 0.796. The smallest absolute Gasteiger partial charge is 0.0947 e. The second-order valence-electron chi connectivity index (χ2n) is 4.86. The number of nitrogens with zero attached hydrogens (tertiary/aromatic N) is 2. The van der Waals surface area contributed by atoms with Crippen molar-refractivity contribution < 1.29 is 0 Å². The number of nitrogens with one attached hydrogen (secondary N) is 1. The first-order chi connectivity index (χ1) is 9.76. The fourth-order valence-corrected chi connectivity index (χ4v) is 3.12. The number of para-hydroxylation sites is 1. The van der Waals surface area contributed by atoms with Crippen LogP contribution in [0.15, 0.2) is 41.8 Å². The summed E-state index contributed by atoms with van der Waals surface area (Å²) in [5.74, 6) is 0. The summed E-state index contributed by atoms with van der Waals surface area (Å²) >= 11 is 1.71. The van der Waals surface area contributed by atoms with Crippen LogP contribution in [-0.2, 0) is 6.42 Å². The summed E-state index contributed by atoms with van der Waals surface area (Å²) in [5.41, 5.74) is 3.20. The molecular formula is C16H17N3S. The first kappa shape index (κ1) is 13.2. The third-order valence-corrected chi connectivity index (χ3v) is 4.36. The number of aryl methyl sites for hydroxylation is 1.